The van der Waals surface area contributed by atoms with E-state index in [4.69, 9.17) is 14.6 Å². The lowest BCUT2D eigenvalue weighted by Gasteiger charge is -2.25. The lowest BCUT2D eigenvalue weighted by molar-refractivity contribution is -0.162. The maximum atomic E-state index is 11.4. The molecular formula is C10H16O5. The van der Waals surface area contributed by atoms with E-state index in [2.05, 4.69) is 0 Å². The topological polar surface area (TPSA) is 72.8 Å². The van der Waals surface area contributed by atoms with Crippen LogP contribution in [-0.4, -0.2) is 36.9 Å². The molecule has 0 amide bonds. The summed E-state index contributed by atoms with van der Waals surface area (Å²) in [6.45, 7) is 2.92. The zero-order valence-electron chi connectivity index (χ0n) is 8.77. The van der Waals surface area contributed by atoms with Crippen LogP contribution in [0.25, 0.3) is 0 Å². The van der Waals surface area contributed by atoms with Crippen molar-refractivity contribution >= 4 is 11.9 Å². The van der Waals surface area contributed by atoms with Gasteiger partial charge in [-0.3, -0.25) is 9.59 Å². The highest BCUT2D eigenvalue weighted by Gasteiger charge is 2.36. The van der Waals surface area contributed by atoms with Crippen LogP contribution in [0.1, 0.15) is 19.8 Å². The second kappa shape index (κ2) is 5.70. The molecule has 1 atom stereocenters. The van der Waals surface area contributed by atoms with Gasteiger partial charge >= 0.3 is 11.9 Å². The van der Waals surface area contributed by atoms with Crippen molar-refractivity contribution < 1.29 is 24.2 Å². The van der Waals surface area contributed by atoms with Crippen LogP contribution in [0.2, 0.25) is 0 Å². The third-order valence-corrected chi connectivity index (χ3v) is 2.54. The van der Waals surface area contributed by atoms with Gasteiger partial charge in [-0.2, -0.15) is 0 Å². The first-order chi connectivity index (χ1) is 7.16. The summed E-state index contributed by atoms with van der Waals surface area (Å²) in [6, 6.07) is 0. The Balaban J connectivity index is 2.63. The summed E-state index contributed by atoms with van der Waals surface area (Å²) in [5, 5.41) is 8.98. The second-order valence-corrected chi connectivity index (χ2v) is 3.52. The SMILES string of the molecule is CCOC(=O)C(C(=O)O)C1CCOCC1. The molecule has 0 saturated carbocycles. The van der Waals surface area contributed by atoms with Gasteiger partial charge in [0.25, 0.3) is 0 Å². The molecule has 1 heterocycles. The first kappa shape index (κ1) is 12.0. The first-order valence-electron chi connectivity index (χ1n) is 5.14. The van der Waals surface area contributed by atoms with Gasteiger partial charge in [0, 0.05) is 13.2 Å². The normalized spacial score (nSPS) is 19.5. The molecule has 0 aromatic carbocycles. The fourth-order valence-corrected chi connectivity index (χ4v) is 1.78. The molecule has 1 fully saturated rings. The van der Waals surface area contributed by atoms with Crippen LogP contribution in [0.15, 0.2) is 0 Å². The summed E-state index contributed by atoms with van der Waals surface area (Å²) in [6.07, 6.45) is 1.21. The molecule has 1 N–H and O–H groups in total. The van der Waals surface area contributed by atoms with Crippen LogP contribution in [0.3, 0.4) is 0 Å². The maximum absolute atomic E-state index is 11.4. The number of carbonyl (C=O) groups excluding carboxylic acids is 1. The molecule has 0 aliphatic carbocycles. The molecular weight excluding hydrogens is 200 g/mol. The first-order valence-corrected chi connectivity index (χ1v) is 5.14. The van der Waals surface area contributed by atoms with Gasteiger partial charge in [-0.25, -0.2) is 0 Å². The molecule has 5 heteroatoms. The number of rotatable bonds is 4. The summed E-state index contributed by atoms with van der Waals surface area (Å²) in [5.41, 5.74) is 0. The minimum atomic E-state index is -1.10. The predicted octanol–water partition coefficient (Wildman–Crippen LogP) is 0.677. The molecule has 0 radical (unpaired) electrons. The summed E-state index contributed by atoms with van der Waals surface area (Å²) >= 11 is 0. The average Bonchev–Trinajstić information content (AvgIpc) is 2.19. The van der Waals surface area contributed by atoms with Crippen LogP contribution >= 0.6 is 0 Å². The van der Waals surface area contributed by atoms with Crippen molar-refractivity contribution in [3.63, 3.8) is 0 Å². The Kier molecular flexibility index (Phi) is 4.55. The zero-order valence-corrected chi connectivity index (χ0v) is 8.77. The number of ether oxygens (including phenoxy) is 2. The van der Waals surface area contributed by atoms with Crippen molar-refractivity contribution in [3.05, 3.63) is 0 Å². The molecule has 0 spiro atoms. The lowest BCUT2D eigenvalue weighted by Crippen LogP contribution is -2.36. The molecule has 1 aliphatic heterocycles. The van der Waals surface area contributed by atoms with Gasteiger partial charge in [0.15, 0.2) is 5.92 Å². The Morgan fingerprint density at radius 3 is 2.53 bits per heavy atom. The number of hydrogen-bond donors (Lipinski definition) is 1. The number of hydrogen-bond acceptors (Lipinski definition) is 4. The van der Waals surface area contributed by atoms with Gasteiger partial charge in [-0.15, -0.1) is 0 Å². The van der Waals surface area contributed by atoms with Gasteiger partial charge in [0.2, 0.25) is 0 Å². The fourth-order valence-electron chi connectivity index (χ4n) is 1.78. The van der Waals surface area contributed by atoms with Crippen molar-refractivity contribution in [2.75, 3.05) is 19.8 Å². The van der Waals surface area contributed by atoms with E-state index < -0.39 is 17.9 Å². The molecule has 1 saturated heterocycles. The van der Waals surface area contributed by atoms with Gasteiger partial charge in [0.1, 0.15) is 0 Å². The Morgan fingerprint density at radius 1 is 1.47 bits per heavy atom. The van der Waals surface area contributed by atoms with Crippen molar-refractivity contribution in [1.82, 2.24) is 0 Å². The Morgan fingerprint density at radius 2 is 2.07 bits per heavy atom. The molecule has 1 aliphatic rings. The average molecular weight is 216 g/mol. The van der Waals surface area contributed by atoms with Gasteiger partial charge in [-0.1, -0.05) is 0 Å². The molecule has 1 unspecified atom stereocenters. The summed E-state index contributed by atoms with van der Waals surface area (Å²) in [5.74, 6) is -2.92. The van der Waals surface area contributed by atoms with E-state index in [1.165, 1.54) is 0 Å². The van der Waals surface area contributed by atoms with Gasteiger partial charge < -0.3 is 14.6 Å². The predicted molar refractivity (Wildman–Crippen MR) is 51.3 cm³/mol. The fraction of sp³-hybridized carbons (Fsp3) is 0.800. The number of esters is 1. The molecule has 0 aromatic rings. The molecule has 1 rings (SSSR count). The Bertz CT molecular complexity index is 232. The van der Waals surface area contributed by atoms with E-state index in [0.29, 0.717) is 26.1 Å². The van der Waals surface area contributed by atoms with Crippen LogP contribution in [-0.2, 0) is 19.1 Å². The van der Waals surface area contributed by atoms with Crippen molar-refractivity contribution in [1.29, 1.82) is 0 Å². The number of carboxylic acid groups (broad SMARTS) is 1. The van der Waals surface area contributed by atoms with Crippen LogP contribution in [0.5, 0.6) is 0 Å². The maximum Gasteiger partial charge on any atom is 0.320 e. The van der Waals surface area contributed by atoms with E-state index in [1.54, 1.807) is 6.92 Å². The van der Waals surface area contributed by atoms with Gasteiger partial charge in [0.05, 0.1) is 6.61 Å². The summed E-state index contributed by atoms with van der Waals surface area (Å²) in [4.78, 5) is 22.4. The van der Waals surface area contributed by atoms with E-state index in [1.807, 2.05) is 0 Å². The Labute approximate surface area is 88.4 Å². The summed E-state index contributed by atoms with van der Waals surface area (Å²) < 4.78 is 9.88. The lowest BCUT2D eigenvalue weighted by atomic mass is 9.86. The summed E-state index contributed by atoms with van der Waals surface area (Å²) in [7, 11) is 0. The van der Waals surface area contributed by atoms with E-state index in [9.17, 15) is 9.59 Å². The van der Waals surface area contributed by atoms with Crippen LogP contribution in [0.4, 0.5) is 0 Å². The van der Waals surface area contributed by atoms with E-state index >= 15 is 0 Å². The Hall–Kier alpha value is -1.10. The highest BCUT2D eigenvalue weighted by Crippen LogP contribution is 2.25. The van der Waals surface area contributed by atoms with E-state index in [-0.39, 0.29) is 12.5 Å². The number of aliphatic carboxylic acids is 1. The zero-order chi connectivity index (χ0) is 11.3. The smallest absolute Gasteiger partial charge is 0.320 e. The third kappa shape index (κ3) is 3.20. The van der Waals surface area contributed by atoms with Crippen LogP contribution < -0.4 is 0 Å². The highest BCUT2D eigenvalue weighted by molar-refractivity contribution is 5.94. The molecule has 15 heavy (non-hydrogen) atoms. The molecule has 0 bridgehead atoms. The minimum absolute atomic E-state index is 0.157. The van der Waals surface area contributed by atoms with Gasteiger partial charge in [-0.05, 0) is 25.7 Å². The molecule has 86 valence electrons. The standard InChI is InChI=1S/C10H16O5/c1-2-15-10(13)8(9(11)12)7-3-5-14-6-4-7/h7-8H,2-6H2,1H3,(H,11,12). The van der Waals surface area contributed by atoms with Crippen molar-refractivity contribution in [2.45, 2.75) is 19.8 Å². The second-order valence-electron chi connectivity index (χ2n) is 3.52. The highest BCUT2D eigenvalue weighted by atomic mass is 16.5. The molecule has 0 aromatic heterocycles. The quantitative estimate of drug-likeness (QED) is 0.552. The largest absolute Gasteiger partial charge is 0.481 e. The number of carbonyl (C=O) groups is 2. The van der Waals surface area contributed by atoms with Crippen molar-refractivity contribution in [2.24, 2.45) is 11.8 Å². The van der Waals surface area contributed by atoms with E-state index in [0.717, 1.165) is 0 Å². The number of carboxylic acids is 1. The minimum Gasteiger partial charge on any atom is -0.481 e. The molecule has 5 nitrogen and oxygen atoms in total. The van der Waals surface area contributed by atoms with Crippen LogP contribution in [0, 0.1) is 11.8 Å². The third-order valence-electron chi connectivity index (χ3n) is 2.54. The monoisotopic (exact) mass is 216 g/mol. The van der Waals surface area contributed by atoms with Crippen molar-refractivity contribution in [3.8, 4) is 0 Å².